The van der Waals surface area contributed by atoms with E-state index in [0.29, 0.717) is 0 Å². The first-order valence-electron chi connectivity index (χ1n) is 4.67. The molecule has 1 aliphatic heterocycles. The zero-order chi connectivity index (χ0) is 11.3. The maximum atomic E-state index is 13.4. The van der Waals surface area contributed by atoms with E-state index in [0.717, 1.165) is 0 Å². The number of hydrogen-bond acceptors (Lipinski definition) is 3. The molecule has 3 nitrogen and oxygen atoms in total. The van der Waals surface area contributed by atoms with E-state index in [1.54, 1.807) is 0 Å². The number of hydrogen-bond donors (Lipinski definition) is 0. The number of alkyl halides is 2. The van der Waals surface area contributed by atoms with Crippen LogP contribution in [0.2, 0.25) is 0 Å². The van der Waals surface area contributed by atoms with Crippen molar-refractivity contribution in [2.75, 3.05) is 19.0 Å². The number of ether oxygens (including phenoxy) is 1. The monoisotopic (exact) mass is 244 g/mol. The largest absolute Gasteiger partial charge is 0.381 e. The van der Waals surface area contributed by atoms with Crippen LogP contribution in [0.25, 0.3) is 0 Å². The quantitative estimate of drug-likeness (QED) is 0.689. The van der Waals surface area contributed by atoms with Gasteiger partial charge in [-0.15, -0.1) is 3.89 Å². The van der Waals surface area contributed by atoms with E-state index in [9.17, 15) is 21.1 Å². The van der Waals surface area contributed by atoms with Crippen molar-refractivity contribution in [1.29, 1.82) is 0 Å². The minimum absolute atomic E-state index is 0.111. The third-order valence-electron chi connectivity index (χ3n) is 3.44. The molecule has 1 saturated carbocycles. The summed E-state index contributed by atoms with van der Waals surface area (Å²) in [6, 6.07) is 0. The Labute approximate surface area is 85.8 Å². The highest BCUT2D eigenvalue weighted by Crippen LogP contribution is 2.70. The summed E-state index contributed by atoms with van der Waals surface area (Å²) < 4.78 is 64.8. The average molecular weight is 244 g/mol. The number of halogens is 3. The molecule has 0 bridgehead atoms. The summed E-state index contributed by atoms with van der Waals surface area (Å²) in [6.07, 6.45) is 0.223. The zero-order valence-corrected chi connectivity index (χ0v) is 8.70. The van der Waals surface area contributed by atoms with E-state index >= 15 is 0 Å². The first-order chi connectivity index (χ1) is 6.80. The van der Waals surface area contributed by atoms with Crippen molar-refractivity contribution in [2.24, 2.45) is 11.3 Å². The van der Waals surface area contributed by atoms with Crippen molar-refractivity contribution in [3.8, 4) is 0 Å². The first-order valence-corrected chi connectivity index (χ1v) is 6.23. The van der Waals surface area contributed by atoms with Crippen LogP contribution >= 0.6 is 0 Å². The third-order valence-corrected chi connectivity index (χ3v) is 4.17. The van der Waals surface area contributed by atoms with Crippen LogP contribution in [0.3, 0.4) is 0 Å². The molecule has 0 N–H and O–H groups in total. The third kappa shape index (κ3) is 1.65. The van der Waals surface area contributed by atoms with Crippen LogP contribution in [0.1, 0.15) is 12.8 Å². The van der Waals surface area contributed by atoms with Crippen LogP contribution in [0, 0.1) is 11.3 Å². The van der Waals surface area contributed by atoms with E-state index in [-0.39, 0.29) is 26.1 Å². The molecule has 0 amide bonds. The zero-order valence-electron chi connectivity index (χ0n) is 7.88. The SMILES string of the molecule is O=S(=O)(F)CC1C(F)(F)C12CCOCC2. The molecule has 2 aliphatic rings. The normalized spacial score (nSPS) is 32.9. The molecule has 7 heteroatoms. The summed E-state index contributed by atoms with van der Waals surface area (Å²) in [5.41, 5.74) is -1.33. The Hall–Kier alpha value is -0.300. The van der Waals surface area contributed by atoms with Gasteiger partial charge in [-0.2, -0.15) is 8.42 Å². The molecular formula is C8H11F3O3S. The fraction of sp³-hybridized carbons (Fsp3) is 1.00. The van der Waals surface area contributed by atoms with Crippen molar-refractivity contribution < 1.29 is 25.8 Å². The van der Waals surface area contributed by atoms with Gasteiger partial charge in [-0.05, 0) is 12.8 Å². The summed E-state index contributed by atoms with van der Waals surface area (Å²) in [5, 5.41) is 0. The van der Waals surface area contributed by atoms with Crippen molar-refractivity contribution in [3.05, 3.63) is 0 Å². The highest BCUT2D eigenvalue weighted by molar-refractivity contribution is 7.86. The molecule has 0 aromatic rings. The maximum Gasteiger partial charge on any atom is 0.302 e. The van der Waals surface area contributed by atoms with Crippen molar-refractivity contribution in [2.45, 2.75) is 18.8 Å². The predicted octanol–water partition coefficient (Wildman–Crippen LogP) is 1.35. The molecule has 1 atom stereocenters. The van der Waals surface area contributed by atoms with E-state index in [4.69, 9.17) is 4.74 Å². The molecule has 1 aliphatic carbocycles. The van der Waals surface area contributed by atoms with Gasteiger partial charge in [0.25, 0.3) is 5.92 Å². The fourth-order valence-corrected chi connectivity index (χ4v) is 3.40. The minimum atomic E-state index is -4.83. The van der Waals surface area contributed by atoms with Gasteiger partial charge in [-0.1, -0.05) is 0 Å². The van der Waals surface area contributed by atoms with Gasteiger partial charge < -0.3 is 4.74 Å². The van der Waals surface area contributed by atoms with Gasteiger partial charge in [0.05, 0.1) is 11.7 Å². The second-order valence-electron chi connectivity index (χ2n) is 4.15. The Morgan fingerprint density at radius 2 is 1.80 bits per heavy atom. The molecule has 0 aromatic carbocycles. The second kappa shape index (κ2) is 3.10. The van der Waals surface area contributed by atoms with Gasteiger partial charge >= 0.3 is 10.2 Å². The van der Waals surface area contributed by atoms with Crippen LogP contribution in [0.4, 0.5) is 12.7 Å². The Morgan fingerprint density at radius 1 is 1.27 bits per heavy atom. The van der Waals surface area contributed by atoms with Crippen LogP contribution < -0.4 is 0 Å². The summed E-state index contributed by atoms with van der Waals surface area (Å²) >= 11 is 0. The molecule has 1 saturated heterocycles. The molecule has 0 aromatic heterocycles. The van der Waals surface area contributed by atoms with Crippen molar-refractivity contribution in [1.82, 2.24) is 0 Å². The molecule has 2 rings (SSSR count). The van der Waals surface area contributed by atoms with E-state index in [1.165, 1.54) is 0 Å². The second-order valence-corrected chi connectivity index (χ2v) is 5.56. The van der Waals surface area contributed by atoms with E-state index in [1.807, 2.05) is 0 Å². The lowest BCUT2D eigenvalue weighted by atomic mass is 9.94. The standard InChI is InChI=1S/C8H11F3O3S/c9-8(10)6(5-15(11,12)13)7(8)1-3-14-4-2-7/h6H,1-5H2. The van der Waals surface area contributed by atoms with Gasteiger partial charge in [0.15, 0.2) is 0 Å². The molecular weight excluding hydrogens is 233 g/mol. The molecule has 2 fully saturated rings. The molecule has 1 heterocycles. The van der Waals surface area contributed by atoms with Gasteiger partial charge in [0, 0.05) is 18.6 Å². The lowest BCUT2D eigenvalue weighted by Gasteiger charge is -2.22. The van der Waals surface area contributed by atoms with Crippen molar-refractivity contribution >= 4 is 10.2 Å². The molecule has 1 spiro atoms. The summed E-state index contributed by atoms with van der Waals surface area (Å²) in [5.74, 6) is -5.50. The lowest BCUT2D eigenvalue weighted by Crippen LogP contribution is -2.23. The smallest absolute Gasteiger partial charge is 0.302 e. The molecule has 88 valence electrons. The number of rotatable bonds is 2. The van der Waals surface area contributed by atoms with Crippen LogP contribution in [-0.2, 0) is 15.0 Å². The highest BCUT2D eigenvalue weighted by atomic mass is 32.3. The summed E-state index contributed by atoms with van der Waals surface area (Å²) in [4.78, 5) is 0. The van der Waals surface area contributed by atoms with Crippen LogP contribution in [0.5, 0.6) is 0 Å². The molecule has 0 radical (unpaired) electrons. The van der Waals surface area contributed by atoms with Crippen molar-refractivity contribution in [3.63, 3.8) is 0 Å². The Balaban J connectivity index is 2.15. The van der Waals surface area contributed by atoms with E-state index in [2.05, 4.69) is 0 Å². The van der Waals surface area contributed by atoms with Gasteiger partial charge in [0.2, 0.25) is 0 Å². The molecule has 15 heavy (non-hydrogen) atoms. The summed E-state index contributed by atoms with van der Waals surface area (Å²) in [6.45, 7) is 0.386. The lowest BCUT2D eigenvalue weighted by molar-refractivity contribution is -0.00826. The van der Waals surface area contributed by atoms with E-state index < -0.39 is 33.2 Å². The maximum absolute atomic E-state index is 13.4. The topological polar surface area (TPSA) is 43.4 Å². The van der Waals surface area contributed by atoms with Gasteiger partial charge in [-0.25, -0.2) is 8.78 Å². The average Bonchev–Trinajstić information content (AvgIpc) is 2.51. The first kappa shape index (κ1) is 11.2. The molecule has 1 unspecified atom stereocenters. The Bertz CT molecular complexity index is 359. The van der Waals surface area contributed by atoms with Crippen LogP contribution in [0.15, 0.2) is 0 Å². The fourth-order valence-electron chi connectivity index (χ4n) is 2.47. The van der Waals surface area contributed by atoms with Crippen LogP contribution in [-0.4, -0.2) is 33.3 Å². The van der Waals surface area contributed by atoms with Gasteiger partial charge in [0.1, 0.15) is 0 Å². The predicted molar refractivity (Wildman–Crippen MR) is 45.8 cm³/mol. The minimum Gasteiger partial charge on any atom is -0.381 e. The Morgan fingerprint density at radius 3 is 2.27 bits per heavy atom. The summed E-state index contributed by atoms with van der Waals surface area (Å²) in [7, 11) is -4.83. The highest BCUT2D eigenvalue weighted by Gasteiger charge is 2.80. The Kier molecular flexibility index (Phi) is 2.31. The van der Waals surface area contributed by atoms with Gasteiger partial charge in [-0.3, -0.25) is 0 Å².